The summed E-state index contributed by atoms with van der Waals surface area (Å²) in [5.41, 5.74) is -1.21. The lowest BCUT2D eigenvalue weighted by Crippen LogP contribution is -2.58. The number of amides is 1. The molecule has 3 fully saturated rings. The van der Waals surface area contributed by atoms with Crippen LogP contribution in [0.4, 0.5) is 8.78 Å². The second-order valence-corrected chi connectivity index (χ2v) is 6.56. The number of carbonyl (C=O) groups excluding carboxylic acids is 1. The summed E-state index contributed by atoms with van der Waals surface area (Å²) in [5.74, 6) is -2.85. The van der Waals surface area contributed by atoms with Crippen LogP contribution in [0.2, 0.25) is 0 Å². The van der Waals surface area contributed by atoms with Crippen LogP contribution >= 0.6 is 0 Å². The van der Waals surface area contributed by atoms with Crippen molar-refractivity contribution in [2.24, 2.45) is 0 Å². The molecule has 4 nitrogen and oxygen atoms in total. The Bertz CT molecular complexity index is 396. The number of hydrogen-bond acceptors (Lipinski definition) is 3. The van der Waals surface area contributed by atoms with Crippen LogP contribution in [0, 0.1) is 0 Å². The van der Waals surface area contributed by atoms with E-state index < -0.39 is 11.5 Å². The second-order valence-electron chi connectivity index (χ2n) is 6.56. The SMILES string of the molecule is COC1(C(=O)NC23CCN(CC2)C3)CCC(F)(F)CC1. The number of nitrogens with zero attached hydrogens (tertiary/aromatic N) is 1. The number of hydrogen-bond donors (Lipinski definition) is 1. The van der Waals surface area contributed by atoms with Gasteiger partial charge in [0.2, 0.25) is 5.92 Å². The number of carbonyl (C=O) groups is 1. The van der Waals surface area contributed by atoms with Crippen molar-refractivity contribution in [1.29, 1.82) is 0 Å². The quantitative estimate of drug-likeness (QED) is 0.856. The van der Waals surface area contributed by atoms with Crippen LogP contribution in [-0.2, 0) is 9.53 Å². The van der Waals surface area contributed by atoms with Gasteiger partial charge in [0.1, 0.15) is 5.60 Å². The smallest absolute Gasteiger partial charge is 0.252 e. The zero-order valence-electron chi connectivity index (χ0n) is 11.9. The Balaban J connectivity index is 1.69. The van der Waals surface area contributed by atoms with Crippen LogP contribution in [0.5, 0.6) is 0 Å². The van der Waals surface area contributed by atoms with E-state index in [1.54, 1.807) is 0 Å². The van der Waals surface area contributed by atoms with E-state index in [4.69, 9.17) is 4.74 Å². The molecule has 0 aromatic rings. The molecule has 1 amide bonds. The summed E-state index contributed by atoms with van der Waals surface area (Å²) in [6.07, 6.45) is 1.56. The molecule has 0 aromatic heterocycles. The van der Waals surface area contributed by atoms with Gasteiger partial charge in [0.15, 0.2) is 0 Å². The average molecular weight is 288 g/mol. The van der Waals surface area contributed by atoms with Gasteiger partial charge in [-0.1, -0.05) is 0 Å². The van der Waals surface area contributed by atoms with E-state index in [1.165, 1.54) is 7.11 Å². The minimum Gasteiger partial charge on any atom is -0.368 e. The van der Waals surface area contributed by atoms with Crippen LogP contribution in [0.15, 0.2) is 0 Å². The van der Waals surface area contributed by atoms with Crippen molar-refractivity contribution in [1.82, 2.24) is 10.2 Å². The van der Waals surface area contributed by atoms with Gasteiger partial charge in [-0.05, 0) is 25.7 Å². The largest absolute Gasteiger partial charge is 0.368 e. The molecule has 0 aromatic carbocycles. The van der Waals surface area contributed by atoms with Crippen molar-refractivity contribution in [3.05, 3.63) is 0 Å². The molecule has 2 heterocycles. The van der Waals surface area contributed by atoms with Crippen molar-refractivity contribution in [2.75, 3.05) is 26.7 Å². The zero-order chi connectivity index (χ0) is 14.4. The van der Waals surface area contributed by atoms with Gasteiger partial charge in [-0.25, -0.2) is 8.78 Å². The van der Waals surface area contributed by atoms with Gasteiger partial charge in [-0.3, -0.25) is 4.79 Å². The first-order valence-electron chi connectivity index (χ1n) is 7.37. The lowest BCUT2D eigenvalue weighted by atomic mass is 9.81. The first-order chi connectivity index (χ1) is 9.39. The second kappa shape index (κ2) is 4.63. The Morgan fingerprint density at radius 1 is 1.10 bits per heavy atom. The Kier molecular flexibility index (Phi) is 3.29. The Labute approximate surface area is 117 Å². The predicted molar refractivity (Wildman–Crippen MR) is 69.7 cm³/mol. The highest BCUT2D eigenvalue weighted by atomic mass is 19.3. The van der Waals surface area contributed by atoms with Crippen LogP contribution in [-0.4, -0.2) is 54.6 Å². The van der Waals surface area contributed by atoms with Gasteiger partial charge < -0.3 is 15.0 Å². The molecule has 3 aliphatic rings. The zero-order valence-corrected chi connectivity index (χ0v) is 11.9. The minimum absolute atomic E-state index is 0.0993. The molecule has 1 saturated carbocycles. The number of nitrogens with one attached hydrogen (secondary N) is 1. The Hall–Kier alpha value is -0.750. The highest BCUT2D eigenvalue weighted by Gasteiger charge is 2.52. The lowest BCUT2D eigenvalue weighted by Gasteiger charge is -2.40. The van der Waals surface area contributed by atoms with Crippen molar-refractivity contribution in [3.8, 4) is 0 Å². The number of halogens is 2. The number of ether oxygens (including phenoxy) is 1. The molecule has 20 heavy (non-hydrogen) atoms. The molecule has 0 radical (unpaired) electrons. The summed E-state index contributed by atoms with van der Waals surface area (Å²) >= 11 is 0. The normalized spacial score (nSPS) is 37.9. The Morgan fingerprint density at radius 3 is 2.15 bits per heavy atom. The van der Waals surface area contributed by atoms with E-state index in [0.29, 0.717) is 0 Å². The number of alkyl halides is 2. The molecule has 0 unspecified atom stereocenters. The van der Waals surface area contributed by atoms with Gasteiger partial charge in [-0.15, -0.1) is 0 Å². The molecule has 3 rings (SSSR count). The molecule has 2 bridgehead atoms. The van der Waals surface area contributed by atoms with Gasteiger partial charge in [0.05, 0.1) is 5.54 Å². The topological polar surface area (TPSA) is 41.6 Å². The first-order valence-corrected chi connectivity index (χ1v) is 7.37. The van der Waals surface area contributed by atoms with Crippen molar-refractivity contribution >= 4 is 5.91 Å². The lowest BCUT2D eigenvalue weighted by molar-refractivity contribution is -0.161. The number of fused-ring (bicyclic) bond motifs is 2. The van der Waals surface area contributed by atoms with Gasteiger partial charge in [-0.2, -0.15) is 0 Å². The fourth-order valence-electron chi connectivity index (χ4n) is 3.79. The van der Waals surface area contributed by atoms with E-state index in [-0.39, 0.29) is 37.1 Å². The summed E-state index contributed by atoms with van der Waals surface area (Å²) in [4.78, 5) is 14.9. The number of rotatable bonds is 3. The molecule has 2 saturated heterocycles. The van der Waals surface area contributed by atoms with Crippen LogP contribution < -0.4 is 5.32 Å². The van der Waals surface area contributed by atoms with Crippen LogP contribution in [0.25, 0.3) is 0 Å². The van der Waals surface area contributed by atoms with Gasteiger partial charge in [0.25, 0.3) is 5.91 Å². The molecule has 6 heteroatoms. The van der Waals surface area contributed by atoms with Gasteiger partial charge >= 0.3 is 0 Å². The third-order valence-electron chi connectivity index (χ3n) is 5.31. The highest BCUT2D eigenvalue weighted by Crippen LogP contribution is 2.41. The maximum Gasteiger partial charge on any atom is 0.252 e. The van der Waals surface area contributed by atoms with Gasteiger partial charge in [0, 0.05) is 39.6 Å². The molecule has 0 spiro atoms. The fourth-order valence-corrected chi connectivity index (χ4v) is 3.79. The molecule has 1 N–H and O–H groups in total. The maximum absolute atomic E-state index is 13.3. The molecular weight excluding hydrogens is 266 g/mol. The molecule has 1 aliphatic carbocycles. The Morgan fingerprint density at radius 2 is 1.70 bits per heavy atom. The average Bonchev–Trinajstić information content (AvgIpc) is 2.99. The van der Waals surface area contributed by atoms with E-state index >= 15 is 0 Å². The van der Waals surface area contributed by atoms with E-state index in [2.05, 4.69) is 10.2 Å². The summed E-state index contributed by atoms with van der Waals surface area (Å²) in [5, 5.41) is 3.12. The molecule has 114 valence electrons. The third-order valence-corrected chi connectivity index (χ3v) is 5.31. The van der Waals surface area contributed by atoms with E-state index in [1.807, 2.05) is 0 Å². The van der Waals surface area contributed by atoms with Crippen LogP contribution in [0.1, 0.15) is 38.5 Å². The molecule has 2 aliphatic heterocycles. The highest BCUT2D eigenvalue weighted by molar-refractivity contribution is 5.86. The molecule has 0 atom stereocenters. The van der Waals surface area contributed by atoms with E-state index in [0.717, 1.165) is 32.5 Å². The van der Waals surface area contributed by atoms with Crippen molar-refractivity contribution < 1.29 is 18.3 Å². The maximum atomic E-state index is 13.3. The monoisotopic (exact) mass is 288 g/mol. The minimum atomic E-state index is -2.65. The number of piperidine rings is 1. The van der Waals surface area contributed by atoms with E-state index in [9.17, 15) is 13.6 Å². The number of methoxy groups -OCH3 is 1. The summed E-state index contributed by atoms with van der Waals surface area (Å²) in [6.45, 7) is 2.91. The van der Waals surface area contributed by atoms with Crippen molar-refractivity contribution in [3.63, 3.8) is 0 Å². The third kappa shape index (κ3) is 2.33. The predicted octanol–water partition coefficient (Wildman–Crippen LogP) is 1.55. The van der Waals surface area contributed by atoms with Crippen LogP contribution in [0.3, 0.4) is 0 Å². The standard InChI is InChI=1S/C14H22F2N2O2/c1-20-13(2-4-14(15,16)5-3-13)11(19)17-12-6-8-18(10-12)9-7-12/h2-10H2,1H3,(H,17,19). The summed E-state index contributed by atoms with van der Waals surface area (Å²) in [7, 11) is 1.45. The summed E-state index contributed by atoms with van der Waals surface area (Å²) in [6, 6.07) is 0. The summed E-state index contributed by atoms with van der Waals surface area (Å²) < 4.78 is 32.0. The van der Waals surface area contributed by atoms with Crippen molar-refractivity contribution in [2.45, 2.75) is 55.6 Å². The fraction of sp³-hybridized carbons (Fsp3) is 0.929. The first kappa shape index (κ1) is 14.2. The molecular formula is C14H22F2N2O2.